The number of hydrogen-bond acceptors (Lipinski definition) is 6. The van der Waals surface area contributed by atoms with Crippen LogP contribution in [-0.2, 0) is 6.54 Å². The first kappa shape index (κ1) is 33.3. The van der Waals surface area contributed by atoms with Crippen LogP contribution in [0.5, 0.6) is 23.0 Å². The first-order valence-corrected chi connectivity index (χ1v) is 16.3. The second-order valence-corrected chi connectivity index (χ2v) is 11.7. The quantitative estimate of drug-likeness (QED) is 0.137. The monoisotopic (exact) mass is 636 g/mol. The summed E-state index contributed by atoms with van der Waals surface area (Å²) in [5.74, 6) is 2.10. The van der Waals surface area contributed by atoms with Gasteiger partial charge in [0.15, 0.2) is 11.5 Å². The van der Waals surface area contributed by atoms with Crippen molar-refractivity contribution in [2.45, 2.75) is 58.2 Å². The minimum atomic E-state index is -0.262. The number of carbonyl (C=O) groups is 2. The summed E-state index contributed by atoms with van der Waals surface area (Å²) in [6.45, 7) is 7.04. The maximum atomic E-state index is 12.9. The third-order valence-corrected chi connectivity index (χ3v) is 8.29. The molecule has 3 amide bonds. The fourth-order valence-electron chi connectivity index (χ4n) is 5.52. The molecule has 3 N–H and O–H groups in total. The van der Waals surface area contributed by atoms with Crippen molar-refractivity contribution in [3.05, 3.63) is 108 Å². The van der Waals surface area contributed by atoms with E-state index in [-0.39, 0.29) is 24.1 Å². The highest BCUT2D eigenvalue weighted by Gasteiger charge is 2.21. The fourth-order valence-corrected chi connectivity index (χ4v) is 5.52. The number of anilines is 2. The molecular weight excluding hydrogens is 592 g/mol. The number of urea groups is 1. The molecule has 0 aromatic heterocycles. The van der Waals surface area contributed by atoms with Gasteiger partial charge >= 0.3 is 6.03 Å². The molecule has 9 heteroatoms. The molecule has 1 saturated heterocycles. The van der Waals surface area contributed by atoms with Crippen molar-refractivity contribution in [1.29, 1.82) is 0 Å². The molecule has 0 aliphatic carbocycles. The van der Waals surface area contributed by atoms with Crippen LogP contribution in [0.2, 0.25) is 0 Å². The number of amides is 3. The van der Waals surface area contributed by atoms with Crippen LogP contribution in [0.4, 0.5) is 16.2 Å². The van der Waals surface area contributed by atoms with Crippen molar-refractivity contribution in [2.24, 2.45) is 0 Å². The van der Waals surface area contributed by atoms with Gasteiger partial charge in [0.2, 0.25) is 0 Å². The summed E-state index contributed by atoms with van der Waals surface area (Å²) in [6, 6.07) is 30.0. The highest BCUT2D eigenvalue weighted by atomic mass is 16.5. The Kier molecular flexibility index (Phi) is 11.7. The van der Waals surface area contributed by atoms with Gasteiger partial charge in [-0.25, -0.2) is 4.79 Å². The number of nitrogens with zero attached hydrogens (tertiary/aromatic N) is 1. The molecule has 1 fully saturated rings. The summed E-state index contributed by atoms with van der Waals surface area (Å²) < 4.78 is 17.8. The Balaban J connectivity index is 1.08. The molecule has 0 spiro atoms. The number of piperidine rings is 1. The zero-order valence-electron chi connectivity index (χ0n) is 27.3. The Morgan fingerprint density at radius 2 is 1.45 bits per heavy atom. The molecule has 4 aromatic carbocycles. The van der Waals surface area contributed by atoms with Crippen LogP contribution in [0.1, 0.15) is 55.5 Å². The molecule has 1 aliphatic heterocycles. The summed E-state index contributed by atoms with van der Waals surface area (Å²) in [5, 5.41) is 8.73. The number of methoxy groups -OCH3 is 1. The zero-order chi connectivity index (χ0) is 33.0. The van der Waals surface area contributed by atoms with E-state index in [4.69, 9.17) is 14.2 Å². The lowest BCUT2D eigenvalue weighted by Gasteiger charge is -2.32. The second-order valence-electron chi connectivity index (χ2n) is 11.7. The molecule has 47 heavy (non-hydrogen) atoms. The van der Waals surface area contributed by atoms with Gasteiger partial charge in [0.25, 0.3) is 5.91 Å². The molecule has 246 valence electrons. The summed E-state index contributed by atoms with van der Waals surface area (Å²) in [7, 11) is 1.55. The third-order valence-electron chi connectivity index (χ3n) is 8.29. The van der Waals surface area contributed by atoms with Gasteiger partial charge in [-0.15, -0.1) is 0 Å². The minimum Gasteiger partial charge on any atom is -0.493 e. The standard InChI is InChI=1S/C38H44N4O5/c1-4-29(5-2)40-38(44)41-31-15-20-35(36(25-31)45-3)47-33-18-13-30(14-19-33)39-37(43)28-11-16-32(17-12-28)46-34-21-23-42(24-22-34)26-27-9-7-6-8-10-27/h6-20,25,29,34H,4-5,21-24,26H2,1-3H3,(H,39,43)(H2,40,41,44). The van der Waals surface area contributed by atoms with E-state index in [1.54, 1.807) is 61.7 Å². The average molecular weight is 637 g/mol. The molecule has 9 nitrogen and oxygen atoms in total. The van der Waals surface area contributed by atoms with Crippen molar-refractivity contribution in [3.8, 4) is 23.0 Å². The predicted molar refractivity (Wildman–Crippen MR) is 186 cm³/mol. The van der Waals surface area contributed by atoms with Gasteiger partial charge in [-0.1, -0.05) is 44.2 Å². The van der Waals surface area contributed by atoms with Crippen molar-refractivity contribution in [2.75, 3.05) is 30.8 Å². The van der Waals surface area contributed by atoms with Crippen LogP contribution in [-0.4, -0.2) is 49.2 Å². The van der Waals surface area contributed by atoms with Crippen LogP contribution in [0.15, 0.2) is 97.1 Å². The van der Waals surface area contributed by atoms with Gasteiger partial charge in [-0.05, 0) is 91.9 Å². The number of ether oxygens (including phenoxy) is 3. The Labute approximate surface area is 277 Å². The lowest BCUT2D eigenvalue weighted by atomic mass is 10.1. The molecule has 0 radical (unpaired) electrons. The van der Waals surface area contributed by atoms with Crippen molar-refractivity contribution in [1.82, 2.24) is 10.2 Å². The van der Waals surface area contributed by atoms with Gasteiger partial charge in [-0.2, -0.15) is 0 Å². The van der Waals surface area contributed by atoms with Gasteiger partial charge in [-0.3, -0.25) is 9.69 Å². The number of hydrogen-bond donors (Lipinski definition) is 3. The van der Waals surface area contributed by atoms with E-state index < -0.39 is 0 Å². The molecular formula is C38H44N4O5. The van der Waals surface area contributed by atoms with E-state index in [2.05, 4.69) is 45.1 Å². The van der Waals surface area contributed by atoms with Gasteiger partial charge in [0.05, 0.1) is 7.11 Å². The zero-order valence-corrected chi connectivity index (χ0v) is 27.3. The molecule has 4 aromatic rings. The van der Waals surface area contributed by atoms with Crippen LogP contribution < -0.4 is 30.2 Å². The van der Waals surface area contributed by atoms with Crippen LogP contribution in [0.3, 0.4) is 0 Å². The fraction of sp³-hybridized carbons (Fsp3) is 0.316. The van der Waals surface area contributed by atoms with E-state index >= 15 is 0 Å². The number of benzene rings is 4. The largest absolute Gasteiger partial charge is 0.493 e. The summed E-state index contributed by atoms with van der Waals surface area (Å²) in [6.07, 6.45) is 3.84. The topological polar surface area (TPSA) is 101 Å². The molecule has 5 rings (SSSR count). The minimum absolute atomic E-state index is 0.122. The van der Waals surface area contributed by atoms with E-state index in [1.165, 1.54) is 5.56 Å². The number of nitrogens with one attached hydrogen (secondary N) is 3. The Bertz CT molecular complexity index is 1580. The summed E-state index contributed by atoms with van der Waals surface area (Å²) in [4.78, 5) is 27.7. The van der Waals surface area contributed by atoms with E-state index in [1.807, 2.05) is 32.0 Å². The van der Waals surface area contributed by atoms with Crippen molar-refractivity contribution >= 4 is 23.3 Å². The maximum absolute atomic E-state index is 12.9. The number of carbonyl (C=O) groups excluding carboxylic acids is 2. The summed E-state index contributed by atoms with van der Waals surface area (Å²) in [5.41, 5.74) is 3.11. The van der Waals surface area contributed by atoms with E-state index in [0.29, 0.717) is 34.2 Å². The first-order valence-electron chi connectivity index (χ1n) is 16.3. The predicted octanol–water partition coefficient (Wildman–Crippen LogP) is 8.09. The molecule has 0 saturated carbocycles. The van der Waals surface area contributed by atoms with Gasteiger partial charge < -0.3 is 30.2 Å². The van der Waals surface area contributed by atoms with E-state index in [9.17, 15) is 9.59 Å². The average Bonchev–Trinajstić information content (AvgIpc) is 3.10. The Morgan fingerprint density at radius 1 is 0.787 bits per heavy atom. The Morgan fingerprint density at radius 3 is 2.11 bits per heavy atom. The third kappa shape index (κ3) is 9.73. The van der Waals surface area contributed by atoms with Gasteiger partial charge in [0.1, 0.15) is 17.6 Å². The molecule has 0 bridgehead atoms. The smallest absolute Gasteiger partial charge is 0.319 e. The van der Waals surface area contributed by atoms with Gasteiger partial charge in [0, 0.05) is 48.7 Å². The lowest BCUT2D eigenvalue weighted by Crippen LogP contribution is -2.37. The first-order chi connectivity index (χ1) is 22.9. The molecule has 0 unspecified atom stereocenters. The highest BCUT2D eigenvalue weighted by Crippen LogP contribution is 2.34. The van der Waals surface area contributed by atoms with Crippen LogP contribution in [0.25, 0.3) is 0 Å². The Hall–Kier alpha value is -5.02. The molecule has 1 aliphatic rings. The highest BCUT2D eigenvalue weighted by molar-refractivity contribution is 6.04. The number of rotatable bonds is 13. The summed E-state index contributed by atoms with van der Waals surface area (Å²) >= 11 is 0. The second kappa shape index (κ2) is 16.5. The normalized spacial score (nSPS) is 13.5. The number of likely N-dealkylation sites (tertiary alicyclic amines) is 1. The molecule has 1 heterocycles. The SMILES string of the molecule is CCC(CC)NC(=O)Nc1ccc(Oc2ccc(NC(=O)c3ccc(OC4CCN(Cc5ccccc5)CC4)cc3)cc2)c(OC)c1. The molecule has 0 atom stereocenters. The van der Waals surface area contributed by atoms with Crippen molar-refractivity contribution < 1.29 is 23.8 Å². The van der Waals surface area contributed by atoms with E-state index in [0.717, 1.165) is 51.1 Å². The van der Waals surface area contributed by atoms with Crippen LogP contribution in [0, 0.1) is 0 Å². The lowest BCUT2D eigenvalue weighted by molar-refractivity contribution is 0.0967. The maximum Gasteiger partial charge on any atom is 0.319 e. The van der Waals surface area contributed by atoms with Crippen LogP contribution >= 0.6 is 0 Å². The van der Waals surface area contributed by atoms with Crippen molar-refractivity contribution in [3.63, 3.8) is 0 Å².